The van der Waals surface area contributed by atoms with Gasteiger partial charge in [-0.2, -0.15) is 0 Å². The Balaban J connectivity index is 1.69. The molecule has 0 fully saturated rings. The third-order valence-electron chi connectivity index (χ3n) is 3.85. The van der Waals surface area contributed by atoms with E-state index in [-0.39, 0.29) is 12.5 Å². The van der Waals surface area contributed by atoms with Crippen LogP contribution in [0.4, 0.5) is 11.4 Å². The van der Waals surface area contributed by atoms with Crippen LogP contribution in [0.1, 0.15) is 15.9 Å². The number of carbonyl (C=O) groups is 1. The van der Waals surface area contributed by atoms with Crippen LogP contribution in [0.5, 0.6) is 5.75 Å². The lowest BCUT2D eigenvalue weighted by atomic mass is 10.1. The van der Waals surface area contributed by atoms with Crippen molar-refractivity contribution in [2.45, 2.75) is 6.61 Å². The maximum atomic E-state index is 12.7. The number of benzene rings is 3. The molecule has 0 spiro atoms. The first-order valence-electron chi connectivity index (χ1n) is 8.56. The lowest BCUT2D eigenvalue weighted by Crippen LogP contribution is -2.15. The van der Waals surface area contributed by atoms with Crippen LogP contribution in [0.25, 0.3) is 0 Å². The Kier molecular flexibility index (Phi) is 5.96. The van der Waals surface area contributed by atoms with Crippen LogP contribution in [0.3, 0.4) is 0 Å². The van der Waals surface area contributed by atoms with Gasteiger partial charge in [0.1, 0.15) is 12.4 Å². The molecule has 2 N–H and O–H groups in total. The molecule has 0 aliphatic rings. The average molecular weight is 396 g/mol. The maximum Gasteiger partial charge on any atom is 0.256 e. The monoisotopic (exact) mass is 396 g/mol. The highest BCUT2D eigenvalue weighted by Gasteiger charge is 2.12. The second-order valence-corrected chi connectivity index (χ2v) is 7.91. The first-order chi connectivity index (χ1) is 13.4. The molecule has 28 heavy (non-hydrogen) atoms. The van der Waals surface area contributed by atoms with Crippen LogP contribution < -0.4 is 14.8 Å². The molecule has 0 radical (unpaired) electrons. The lowest BCUT2D eigenvalue weighted by molar-refractivity contribution is 0.102. The van der Waals surface area contributed by atoms with Gasteiger partial charge in [0, 0.05) is 22.5 Å². The van der Waals surface area contributed by atoms with E-state index in [4.69, 9.17) is 4.74 Å². The van der Waals surface area contributed by atoms with Gasteiger partial charge in [0.05, 0.1) is 6.26 Å². The number of hydrogen-bond acceptors (Lipinski definition) is 4. The first-order valence-corrected chi connectivity index (χ1v) is 10.4. The SMILES string of the molecule is CS(=O)(=O)Nc1ccc(NC(=O)c2ccccc2COc2ccccc2)cc1. The lowest BCUT2D eigenvalue weighted by Gasteiger charge is -2.12. The fourth-order valence-corrected chi connectivity index (χ4v) is 3.14. The van der Waals surface area contributed by atoms with E-state index in [1.165, 1.54) is 0 Å². The fraction of sp³-hybridized carbons (Fsp3) is 0.0952. The van der Waals surface area contributed by atoms with E-state index in [9.17, 15) is 13.2 Å². The maximum absolute atomic E-state index is 12.7. The second kappa shape index (κ2) is 8.58. The number of nitrogens with one attached hydrogen (secondary N) is 2. The number of carbonyl (C=O) groups excluding carboxylic acids is 1. The molecule has 0 unspecified atom stereocenters. The van der Waals surface area contributed by atoms with Crippen molar-refractivity contribution in [1.29, 1.82) is 0 Å². The smallest absolute Gasteiger partial charge is 0.256 e. The van der Waals surface area contributed by atoms with Crippen molar-refractivity contribution in [2.75, 3.05) is 16.3 Å². The highest BCUT2D eigenvalue weighted by molar-refractivity contribution is 7.92. The predicted molar refractivity (Wildman–Crippen MR) is 110 cm³/mol. The molecule has 0 atom stereocenters. The summed E-state index contributed by atoms with van der Waals surface area (Å²) in [5, 5.41) is 2.82. The molecule has 7 heteroatoms. The molecule has 0 aromatic heterocycles. The van der Waals surface area contributed by atoms with E-state index in [2.05, 4.69) is 10.0 Å². The molecular formula is C21H20N2O4S. The van der Waals surface area contributed by atoms with Crippen LogP contribution in [0.15, 0.2) is 78.9 Å². The summed E-state index contributed by atoms with van der Waals surface area (Å²) in [6, 6.07) is 23.0. The van der Waals surface area contributed by atoms with Crippen LogP contribution in [0.2, 0.25) is 0 Å². The number of ether oxygens (including phenoxy) is 1. The Bertz CT molecular complexity index is 1050. The molecule has 3 rings (SSSR count). The van der Waals surface area contributed by atoms with Crippen molar-refractivity contribution in [2.24, 2.45) is 0 Å². The van der Waals surface area contributed by atoms with E-state index in [0.29, 0.717) is 16.9 Å². The Hall–Kier alpha value is -3.32. The van der Waals surface area contributed by atoms with Crippen molar-refractivity contribution in [1.82, 2.24) is 0 Å². The summed E-state index contributed by atoms with van der Waals surface area (Å²) in [5.74, 6) is 0.461. The van der Waals surface area contributed by atoms with Gasteiger partial charge >= 0.3 is 0 Å². The average Bonchev–Trinajstić information content (AvgIpc) is 2.68. The molecule has 0 saturated carbocycles. The van der Waals surface area contributed by atoms with Crippen LogP contribution in [0, 0.1) is 0 Å². The number of rotatable bonds is 7. The van der Waals surface area contributed by atoms with Crippen LogP contribution in [-0.2, 0) is 16.6 Å². The summed E-state index contributed by atoms with van der Waals surface area (Å²) in [5.41, 5.74) is 2.26. The third kappa shape index (κ3) is 5.59. The summed E-state index contributed by atoms with van der Waals surface area (Å²) < 4.78 is 30.6. The van der Waals surface area contributed by atoms with Gasteiger partial charge < -0.3 is 10.1 Å². The molecule has 0 aliphatic carbocycles. The summed E-state index contributed by atoms with van der Waals surface area (Å²) in [6.07, 6.45) is 1.08. The Labute approximate surface area is 164 Å². The Morgan fingerprint density at radius 3 is 2.14 bits per heavy atom. The Morgan fingerprint density at radius 1 is 0.857 bits per heavy atom. The summed E-state index contributed by atoms with van der Waals surface area (Å²) in [7, 11) is -3.34. The number of hydrogen-bond donors (Lipinski definition) is 2. The summed E-state index contributed by atoms with van der Waals surface area (Å²) >= 11 is 0. The summed E-state index contributed by atoms with van der Waals surface area (Å²) in [6.45, 7) is 0.269. The number of amides is 1. The molecule has 3 aromatic rings. The highest BCUT2D eigenvalue weighted by Crippen LogP contribution is 2.18. The quantitative estimate of drug-likeness (QED) is 0.635. The van der Waals surface area contributed by atoms with Crippen molar-refractivity contribution in [3.05, 3.63) is 90.0 Å². The zero-order chi connectivity index (χ0) is 20.0. The van der Waals surface area contributed by atoms with Gasteiger partial charge in [0.2, 0.25) is 10.0 Å². The topological polar surface area (TPSA) is 84.5 Å². The van der Waals surface area contributed by atoms with E-state index in [1.54, 1.807) is 36.4 Å². The van der Waals surface area contributed by atoms with Gasteiger partial charge in [0.25, 0.3) is 5.91 Å². The van der Waals surface area contributed by atoms with Crippen LogP contribution in [-0.4, -0.2) is 20.6 Å². The third-order valence-corrected chi connectivity index (χ3v) is 4.45. The molecule has 3 aromatic carbocycles. The number of para-hydroxylation sites is 1. The molecule has 0 saturated heterocycles. The van der Waals surface area contributed by atoms with E-state index >= 15 is 0 Å². The number of sulfonamides is 1. The predicted octanol–water partition coefficient (Wildman–Crippen LogP) is 3.89. The van der Waals surface area contributed by atoms with Crippen molar-refractivity contribution in [3.8, 4) is 5.75 Å². The van der Waals surface area contributed by atoms with Crippen molar-refractivity contribution in [3.63, 3.8) is 0 Å². The minimum Gasteiger partial charge on any atom is -0.489 e. The summed E-state index contributed by atoms with van der Waals surface area (Å²) in [4.78, 5) is 12.7. The molecule has 0 heterocycles. The minimum atomic E-state index is -3.34. The van der Waals surface area contributed by atoms with E-state index < -0.39 is 10.0 Å². The Morgan fingerprint density at radius 2 is 1.46 bits per heavy atom. The molecule has 1 amide bonds. The molecule has 144 valence electrons. The first kappa shape index (κ1) is 19.4. The second-order valence-electron chi connectivity index (χ2n) is 6.16. The van der Waals surface area contributed by atoms with Crippen molar-refractivity contribution >= 4 is 27.3 Å². The largest absolute Gasteiger partial charge is 0.489 e. The minimum absolute atomic E-state index is 0.268. The zero-order valence-corrected chi connectivity index (χ0v) is 16.1. The van der Waals surface area contributed by atoms with E-state index in [1.807, 2.05) is 42.5 Å². The van der Waals surface area contributed by atoms with Gasteiger partial charge in [0.15, 0.2) is 0 Å². The van der Waals surface area contributed by atoms with Gasteiger partial charge in [-0.25, -0.2) is 8.42 Å². The van der Waals surface area contributed by atoms with E-state index in [0.717, 1.165) is 17.6 Å². The standard InChI is InChI=1S/C21H20N2O4S/c1-28(25,26)23-18-13-11-17(12-14-18)22-21(24)20-10-6-5-7-16(20)15-27-19-8-3-2-4-9-19/h2-14,23H,15H2,1H3,(H,22,24). The van der Waals surface area contributed by atoms with Gasteiger partial charge in [-0.15, -0.1) is 0 Å². The van der Waals surface area contributed by atoms with Crippen LogP contribution >= 0.6 is 0 Å². The van der Waals surface area contributed by atoms with Gasteiger partial charge in [-0.1, -0.05) is 36.4 Å². The fourth-order valence-electron chi connectivity index (χ4n) is 2.58. The molecular weight excluding hydrogens is 376 g/mol. The van der Waals surface area contributed by atoms with Gasteiger partial charge in [-0.3, -0.25) is 9.52 Å². The molecule has 6 nitrogen and oxygen atoms in total. The number of anilines is 2. The van der Waals surface area contributed by atoms with Gasteiger partial charge in [-0.05, 0) is 42.5 Å². The van der Waals surface area contributed by atoms with Crippen molar-refractivity contribution < 1.29 is 17.9 Å². The molecule has 0 bridgehead atoms. The normalized spacial score (nSPS) is 10.9. The zero-order valence-electron chi connectivity index (χ0n) is 15.3. The highest BCUT2D eigenvalue weighted by atomic mass is 32.2. The molecule has 0 aliphatic heterocycles.